The zero-order chi connectivity index (χ0) is 14.4. The van der Waals surface area contributed by atoms with E-state index in [0.717, 1.165) is 16.9 Å². The summed E-state index contributed by atoms with van der Waals surface area (Å²) in [7, 11) is -1.96. The van der Waals surface area contributed by atoms with Crippen molar-refractivity contribution in [3.8, 4) is 0 Å². The Morgan fingerprint density at radius 3 is 2.75 bits per heavy atom. The highest BCUT2D eigenvalue weighted by Gasteiger charge is 2.08. The van der Waals surface area contributed by atoms with Crippen molar-refractivity contribution < 1.29 is 13.2 Å². The maximum Gasteiger partial charge on any atom is 0.276 e. The van der Waals surface area contributed by atoms with Gasteiger partial charge in [-0.05, 0) is 12.1 Å². The van der Waals surface area contributed by atoms with Crippen molar-refractivity contribution in [3.05, 3.63) is 30.1 Å². The predicted octanol–water partition coefficient (Wildman–Crippen LogP) is 0.176. The third kappa shape index (κ3) is 4.27. The summed E-state index contributed by atoms with van der Waals surface area (Å²) in [6.07, 6.45) is 0.500. The molecule has 3 N–H and O–H groups in total. The number of ether oxygens (including phenoxy) is 1. The van der Waals surface area contributed by atoms with Gasteiger partial charge in [0.05, 0.1) is 17.6 Å². The lowest BCUT2D eigenvalue weighted by Crippen LogP contribution is -2.39. The van der Waals surface area contributed by atoms with Crippen LogP contribution in [0.15, 0.2) is 24.3 Å². The molecular formula is C12H18N4O3S. The average molecular weight is 298 g/mol. The lowest BCUT2D eigenvalue weighted by molar-refractivity contribution is 0.204. The molecule has 0 saturated heterocycles. The topological polar surface area (TPSA) is 96.1 Å². The Bertz CT molecular complexity index is 621. The number of rotatable bonds is 8. The largest absolute Gasteiger partial charge is 0.383 e. The second-order valence-corrected chi connectivity index (χ2v) is 5.82. The van der Waals surface area contributed by atoms with Gasteiger partial charge in [-0.1, -0.05) is 12.1 Å². The Hall–Kier alpha value is -1.48. The number of hydrogen-bond donors (Lipinski definition) is 3. The summed E-state index contributed by atoms with van der Waals surface area (Å²) in [5.41, 5.74) is 1.83. The highest BCUT2D eigenvalue weighted by molar-refractivity contribution is 7.87. The molecule has 7 nitrogen and oxygen atoms in total. The van der Waals surface area contributed by atoms with E-state index in [2.05, 4.69) is 19.4 Å². The van der Waals surface area contributed by atoms with Crippen molar-refractivity contribution in [1.29, 1.82) is 0 Å². The monoisotopic (exact) mass is 298 g/mol. The first-order valence-electron chi connectivity index (χ1n) is 6.27. The van der Waals surface area contributed by atoms with E-state index in [9.17, 15) is 8.42 Å². The fourth-order valence-corrected chi connectivity index (χ4v) is 2.58. The Morgan fingerprint density at radius 2 is 2.00 bits per heavy atom. The Kier molecular flexibility index (Phi) is 5.07. The van der Waals surface area contributed by atoms with Crippen LogP contribution in [0.5, 0.6) is 0 Å². The number of aromatic nitrogens is 2. The van der Waals surface area contributed by atoms with E-state index >= 15 is 0 Å². The van der Waals surface area contributed by atoms with Crippen molar-refractivity contribution in [2.75, 3.05) is 26.8 Å². The minimum atomic E-state index is -3.48. The average Bonchev–Trinajstić information content (AvgIpc) is 2.81. The van der Waals surface area contributed by atoms with Gasteiger partial charge in [0.2, 0.25) is 0 Å². The molecule has 2 aromatic rings. The van der Waals surface area contributed by atoms with Crippen molar-refractivity contribution in [2.45, 2.75) is 6.42 Å². The van der Waals surface area contributed by atoms with Gasteiger partial charge in [0.15, 0.2) is 0 Å². The van der Waals surface area contributed by atoms with Crippen LogP contribution in [0.25, 0.3) is 11.0 Å². The summed E-state index contributed by atoms with van der Waals surface area (Å²) in [4.78, 5) is 7.52. The van der Waals surface area contributed by atoms with E-state index in [-0.39, 0.29) is 13.1 Å². The van der Waals surface area contributed by atoms with E-state index < -0.39 is 10.2 Å². The smallest absolute Gasteiger partial charge is 0.276 e. The molecule has 1 aromatic carbocycles. The fourth-order valence-electron chi connectivity index (χ4n) is 1.76. The normalized spacial score (nSPS) is 12.1. The van der Waals surface area contributed by atoms with Gasteiger partial charge in [-0.15, -0.1) is 0 Å². The van der Waals surface area contributed by atoms with Crippen LogP contribution in [-0.4, -0.2) is 45.2 Å². The molecule has 2 rings (SSSR count). The third-order valence-electron chi connectivity index (χ3n) is 2.69. The third-order valence-corrected chi connectivity index (χ3v) is 3.86. The van der Waals surface area contributed by atoms with Crippen LogP contribution in [-0.2, 0) is 21.4 Å². The minimum absolute atomic E-state index is 0.246. The number of H-pyrrole nitrogens is 1. The predicted molar refractivity (Wildman–Crippen MR) is 76.6 cm³/mol. The summed E-state index contributed by atoms with van der Waals surface area (Å²) in [6, 6.07) is 7.68. The molecule has 0 bridgehead atoms. The maximum absolute atomic E-state index is 11.6. The molecule has 0 aliphatic rings. The van der Waals surface area contributed by atoms with Gasteiger partial charge in [-0.2, -0.15) is 13.1 Å². The maximum atomic E-state index is 11.6. The zero-order valence-corrected chi connectivity index (χ0v) is 12.0. The number of benzene rings is 1. The van der Waals surface area contributed by atoms with Gasteiger partial charge < -0.3 is 9.72 Å². The molecule has 0 spiro atoms. The summed E-state index contributed by atoms with van der Waals surface area (Å²) in [5, 5.41) is 0. The first kappa shape index (κ1) is 14.9. The van der Waals surface area contributed by atoms with Gasteiger partial charge in [0, 0.05) is 26.6 Å². The molecular weight excluding hydrogens is 280 g/mol. The van der Waals surface area contributed by atoms with E-state index in [4.69, 9.17) is 4.74 Å². The number of nitrogens with zero attached hydrogens (tertiary/aromatic N) is 1. The number of nitrogens with one attached hydrogen (secondary N) is 3. The number of hydrogen-bond acceptors (Lipinski definition) is 4. The SMILES string of the molecule is COCCNS(=O)(=O)NCCc1nc2ccccc2[nH]1. The minimum Gasteiger partial charge on any atom is -0.383 e. The van der Waals surface area contributed by atoms with E-state index in [1.165, 1.54) is 7.11 Å². The molecule has 20 heavy (non-hydrogen) atoms. The van der Waals surface area contributed by atoms with Crippen LogP contribution in [0.3, 0.4) is 0 Å². The van der Waals surface area contributed by atoms with Crippen LogP contribution >= 0.6 is 0 Å². The lowest BCUT2D eigenvalue weighted by Gasteiger charge is -2.06. The van der Waals surface area contributed by atoms with Crippen LogP contribution in [0.4, 0.5) is 0 Å². The molecule has 110 valence electrons. The summed E-state index contributed by atoms with van der Waals surface area (Å²) in [6.45, 7) is 0.864. The molecule has 0 radical (unpaired) electrons. The van der Waals surface area contributed by atoms with E-state index in [0.29, 0.717) is 13.0 Å². The van der Waals surface area contributed by atoms with Crippen LogP contribution in [0.2, 0.25) is 0 Å². The van der Waals surface area contributed by atoms with Crippen LogP contribution in [0, 0.1) is 0 Å². The number of aromatic amines is 1. The van der Waals surface area contributed by atoms with Gasteiger partial charge in [0.1, 0.15) is 5.82 Å². The van der Waals surface area contributed by atoms with Crippen molar-refractivity contribution in [3.63, 3.8) is 0 Å². The standard InChI is InChI=1S/C12H18N4O3S/c1-19-9-8-14-20(17,18)13-7-6-12-15-10-4-2-3-5-11(10)16-12/h2-5,13-14H,6-9H2,1H3,(H,15,16). The second-order valence-electron chi connectivity index (χ2n) is 4.24. The van der Waals surface area contributed by atoms with Gasteiger partial charge >= 0.3 is 0 Å². The van der Waals surface area contributed by atoms with E-state index in [1.807, 2.05) is 24.3 Å². The molecule has 0 fully saturated rings. The summed E-state index contributed by atoms with van der Waals surface area (Å²) < 4.78 is 32.7. The van der Waals surface area contributed by atoms with Gasteiger partial charge in [0.25, 0.3) is 10.2 Å². The van der Waals surface area contributed by atoms with Crippen LogP contribution < -0.4 is 9.44 Å². The number of methoxy groups -OCH3 is 1. The van der Waals surface area contributed by atoms with Crippen molar-refractivity contribution in [2.24, 2.45) is 0 Å². The van der Waals surface area contributed by atoms with Crippen molar-refractivity contribution in [1.82, 2.24) is 19.4 Å². The Labute approximate surface area is 117 Å². The quantitative estimate of drug-likeness (QED) is 0.606. The highest BCUT2D eigenvalue weighted by atomic mass is 32.2. The number of fused-ring (bicyclic) bond motifs is 1. The summed E-state index contributed by atoms with van der Waals surface area (Å²) in [5.74, 6) is 0.755. The zero-order valence-electron chi connectivity index (χ0n) is 11.2. The fraction of sp³-hybridized carbons (Fsp3) is 0.417. The number of imidazole rings is 1. The lowest BCUT2D eigenvalue weighted by atomic mass is 10.3. The van der Waals surface area contributed by atoms with E-state index in [1.54, 1.807) is 0 Å². The Balaban J connectivity index is 1.83. The molecule has 0 amide bonds. The molecule has 1 aromatic heterocycles. The summed E-state index contributed by atoms with van der Waals surface area (Å²) >= 11 is 0. The molecule has 1 heterocycles. The molecule has 0 aliphatic heterocycles. The molecule has 8 heteroatoms. The first-order chi connectivity index (χ1) is 9.61. The van der Waals surface area contributed by atoms with Gasteiger partial charge in [-0.25, -0.2) is 9.71 Å². The molecule has 0 saturated carbocycles. The second kappa shape index (κ2) is 6.80. The van der Waals surface area contributed by atoms with Gasteiger partial charge in [-0.3, -0.25) is 0 Å². The highest BCUT2D eigenvalue weighted by Crippen LogP contribution is 2.10. The van der Waals surface area contributed by atoms with Crippen molar-refractivity contribution >= 4 is 21.2 Å². The number of para-hydroxylation sites is 2. The molecule has 0 aliphatic carbocycles. The first-order valence-corrected chi connectivity index (χ1v) is 7.76. The molecule has 0 atom stereocenters. The van der Waals surface area contributed by atoms with Crippen LogP contribution in [0.1, 0.15) is 5.82 Å². The Morgan fingerprint density at radius 1 is 1.25 bits per heavy atom. The molecule has 0 unspecified atom stereocenters.